The predicted octanol–water partition coefficient (Wildman–Crippen LogP) is -0.109. The average Bonchev–Trinajstić information content (AvgIpc) is 2.03. The Labute approximate surface area is 73.3 Å². The van der Waals surface area contributed by atoms with Crippen LogP contribution in [0.1, 0.15) is 0 Å². The van der Waals surface area contributed by atoms with Crippen LogP contribution in [0.3, 0.4) is 0 Å². The van der Waals surface area contributed by atoms with E-state index in [4.69, 9.17) is 25.8 Å². The van der Waals surface area contributed by atoms with E-state index in [0.29, 0.717) is 13.1 Å². The largest absolute Gasteiger partial charge is 0.692 e. The maximum absolute atomic E-state index is 8.70. The minimum absolute atomic E-state index is 0.583. The summed E-state index contributed by atoms with van der Waals surface area (Å²) in [6, 6.07) is 0. The summed E-state index contributed by atoms with van der Waals surface area (Å²) >= 11 is 0. The smallest absolute Gasteiger partial charge is 0.327 e. The number of hydrogen-bond donors (Lipinski definition) is 4. The predicted molar refractivity (Wildman–Crippen MR) is 50.5 cm³/mol. The molecule has 12 heavy (non-hydrogen) atoms. The van der Waals surface area contributed by atoms with Gasteiger partial charge in [-0.15, -0.1) is 22.9 Å². The van der Waals surface area contributed by atoms with Gasteiger partial charge in [-0.05, 0) is 0 Å². The molecule has 0 radical (unpaired) electrons. The van der Waals surface area contributed by atoms with Crippen LogP contribution < -0.4 is 11.5 Å². The van der Waals surface area contributed by atoms with Crippen molar-refractivity contribution >= 4 is 8.25 Å². The van der Waals surface area contributed by atoms with E-state index in [1.165, 1.54) is 0 Å². The molecule has 0 aromatic heterocycles. The SMILES string of the molecule is C=CCN.C=CCN.O=[P+](O)O. The zero-order chi connectivity index (χ0) is 10.4. The van der Waals surface area contributed by atoms with E-state index in [-0.39, 0.29) is 0 Å². The summed E-state index contributed by atoms with van der Waals surface area (Å²) < 4.78 is 8.70. The van der Waals surface area contributed by atoms with E-state index in [0.717, 1.165) is 0 Å². The van der Waals surface area contributed by atoms with E-state index in [1.54, 1.807) is 12.2 Å². The van der Waals surface area contributed by atoms with Gasteiger partial charge in [-0.2, -0.15) is 0 Å². The van der Waals surface area contributed by atoms with Gasteiger partial charge < -0.3 is 11.5 Å². The molecule has 0 aromatic rings. The molecule has 0 aliphatic rings. The van der Waals surface area contributed by atoms with E-state index in [2.05, 4.69) is 13.2 Å². The molecular formula is C6H16N2O3P+. The molecule has 0 fully saturated rings. The van der Waals surface area contributed by atoms with Crippen LogP contribution in [0.25, 0.3) is 0 Å². The lowest BCUT2D eigenvalue weighted by Crippen LogP contribution is -1.90. The molecule has 0 heterocycles. The van der Waals surface area contributed by atoms with E-state index >= 15 is 0 Å². The first kappa shape index (κ1) is 17.5. The summed E-state index contributed by atoms with van der Waals surface area (Å²) in [5.74, 6) is 0. The van der Waals surface area contributed by atoms with Gasteiger partial charge in [0.25, 0.3) is 0 Å². The molecule has 0 aromatic carbocycles. The van der Waals surface area contributed by atoms with Crippen molar-refractivity contribution in [3.8, 4) is 0 Å². The molecule has 0 atom stereocenters. The quantitative estimate of drug-likeness (QED) is 0.363. The van der Waals surface area contributed by atoms with Crippen molar-refractivity contribution in [2.24, 2.45) is 11.5 Å². The first-order valence-electron chi connectivity index (χ1n) is 3.03. The minimum atomic E-state index is -2.87. The second kappa shape index (κ2) is 22.4. The third-order valence-corrected chi connectivity index (χ3v) is 0.333. The molecule has 0 rings (SSSR count). The van der Waals surface area contributed by atoms with Gasteiger partial charge in [0.05, 0.1) is 0 Å². The summed E-state index contributed by atoms with van der Waals surface area (Å²) in [6.07, 6.45) is 3.31. The van der Waals surface area contributed by atoms with Crippen molar-refractivity contribution in [2.45, 2.75) is 0 Å². The number of nitrogens with two attached hydrogens (primary N) is 2. The average molecular weight is 195 g/mol. The molecule has 0 aliphatic carbocycles. The summed E-state index contributed by atoms with van der Waals surface area (Å²) in [5.41, 5.74) is 9.82. The Balaban J connectivity index is -0.000000101. The van der Waals surface area contributed by atoms with E-state index in [1.807, 2.05) is 0 Å². The Bertz CT molecular complexity index is 107. The first-order chi connectivity index (χ1) is 5.56. The van der Waals surface area contributed by atoms with Crippen molar-refractivity contribution < 1.29 is 14.4 Å². The van der Waals surface area contributed by atoms with Gasteiger partial charge in [0.2, 0.25) is 0 Å². The van der Waals surface area contributed by atoms with E-state index < -0.39 is 8.25 Å². The normalized spacial score (nSPS) is 6.33. The summed E-state index contributed by atoms with van der Waals surface area (Å²) in [7, 11) is -2.87. The van der Waals surface area contributed by atoms with Gasteiger partial charge in [-0.25, -0.2) is 0 Å². The lowest BCUT2D eigenvalue weighted by Gasteiger charge is -1.61. The van der Waals surface area contributed by atoms with Crippen molar-refractivity contribution in [1.82, 2.24) is 0 Å². The number of hydrogen-bond acceptors (Lipinski definition) is 3. The Kier molecular flexibility index (Phi) is 32.7. The van der Waals surface area contributed by atoms with Crippen LogP contribution in [0.2, 0.25) is 0 Å². The number of rotatable bonds is 2. The lowest BCUT2D eigenvalue weighted by atomic mass is 10.7. The molecule has 0 saturated carbocycles. The third kappa shape index (κ3) is 331. The summed E-state index contributed by atoms with van der Waals surface area (Å²) in [6.45, 7) is 7.87. The minimum Gasteiger partial charge on any atom is -0.327 e. The Morgan fingerprint density at radius 1 is 1.17 bits per heavy atom. The molecule has 0 unspecified atom stereocenters. The maximum atomic E-state index is 8.70. The topological polar surface area (TPSA) is 110 Å². The maximum Gasteiger partial charge on any atom is 0.692 e. The van der Waals surface area contributed by atoms with Crippen LogP contribution in [0.15, 0.2) is 25.3 Å². The highest BCUT2D eigenvalue weighted by atomic mass is 31.1. The monoisotopic (exact) mass is 195 g/mol. The molecule has 6 N–H and O–H groups in total. The van der Waals surface area contributed by atoms with Crippen molar-refractivity contribution in [3.05, 3.63) is 25.3 Å². The Morgan fingerprint density at radius 3 is 1.25 bits per heavy atom. The Morgan fingerprint density at radius 2 is 1.25 bits per heavy atom. The van der Waals surface area contributed by atoms with Gasteiger partial charge in [0.1, 0.15) is 0 Å². The van der Waals surface area contributed by atoms with E-state index in [9.17, 15) is 0 Å². The highest BCUT2D eigenvalue weighted by Gasteiger charge is 1.93. The molecule has 72 valence electrons. The van der Waals surface area contributed by atoms with Gasteiger partial charge in [-0.3, -0.25) is 0 Å². The van der Waals surface area contributed by atoms with Crippen molar-refractivity contribution in [2.75, 3.05) is 13.1 Å². The van der Waals surface area contributed by atoms with Gasteiger partial charge >= 0.3 is 8.25 Å². The van der Waals surface area contributed by atoms with Crippen LogP contribution >= 0.6 is 8.25 Å². The second-order valence-corrected chi connectivity index (χ2v) is 1.81. The molecule has 0 amide bonds. The van der Waals surface area contributed by atoms with Crippen LogP contribution in [-0.2, 0) is 4.57 Å². The van der Waals surface area contributed by atoms with Crippen molar-refractivity contribution in [1.29, 1.82) is 0 Å². The molecule has 0 bridgehead atoms. The van der Waals surface area contributed by atoms with Crippen LogP contribution in [0, 0.1) is 0 Å². The van der Waals surface area contributed by atoms with Gasteiger partial charge in [0, 0.05) is 17.7 Å². The molecule has 0 saturated heterocycles. The fourth-order valence-electron chi connectivity index (χ4n) is 0. The van der Waals surface area contributed by atoms with Crippen LogP contribution in [-0.4, -0.2) is 22.9 Å². The molecular weight excluding hydrogens is 179 g/mol. The highest BCUT2D eigenvalue weighted by Crippen LogP contribution is 1.98. The van der Waals surface area contributed by atoms with Crippen molar-refractivity contribution in [3.63, 3.8) is 0 Å². The molecule has 5 nitrogen and oxygen atoms in total. The van der Waals surface area contributed by atoms with Gasteiger partial charge in [0.15, 0.2) is 0 Å². The summed E-state index contributed by atoms with van der Waals surface area (Å²) in [5, 5.41) is 0. The standard InChI is InChI=1S/2C3H7N.HO3P/c2*1-2-3-4;1-4(2)3/h2*2H,1,3-4H2;(H-,1,2,3)/p+1. The zero-order valence-corrected chi connectivity index (χ0v) is 7.78. The second-order valence-electron chi connectivity index (χ2n) is 1.30. The van der Waals surface area contributed by atoms with Crippen LogP contribution in [0.4, 0.5) is 0 Å². The molecule has 6 heteroatoms. The zero-order valence-electron chi connectivity index (χ0n) is 6.89. The Hall–Kier alpha value is -0.580. The van der Waals surface area contributed by atoms with Gasteiger partial charge in [-0.1, -0.05) is 12.2 Å². The van der Waals surface area contributed by atoms with Crippen LogP contribution in [0.5, 0.6) is 0 Å². The fraction of sp³-hybridized carbons (Fsp3) is 0.333. The summed E-state index contributed by atoms with van der Waals surface area (Å²) in [4.78, 5) is 14.2. The first-order valence-corrected chi connectivity index (χ1v) is 4.20. The third-order valence-electron chi connectivity index (χ3n) is 0.333. The molecule has 0 aliphatic heterocycles. The fourth-order valence-corrected chi connectivity index (χ4v) is 0. The molecule has 0 spiro atoms. The lowest BCUT2D eigenvalue weighted by molar-refractivity contribution is 0.405. The highest BCUT2D eigenvalue weighted by molar-refractivity contribution is 7.30.